The summed E-state index contributed by atoms with van der Waals surface area (Å²) < 4.78 is 5.44. The second kappa shape index (κ2) is 7.53. The summed E-state index contributed by atoms with van der Waals surface area (Å²) in [6.07, 6.45) is 5.63. The molecule has 23 heavy (non-hydrogen) atoms. The maximum absolute atomic E-state index is 5.44. The molecule has 0 aliphatic carbocycles. The lowest BCUT2D eigenvalue weighted by Crippen LogP contribution is -2.37. The molecule has 1 N–H and O–H groups in total. The zero-order valence-corrected chi connectivity index (χ0v) is 13.8. The van der Waals surface area contributed by atoms with Crippen LogP contribution in [0.5, 0.6) is 0 Å². The van der Waals surface area contributed by atoms with E-state index in [4.69, 9.17) is 4.74 Å². The van der Waals surface area contributed by atoms with Crippen molar-refractivity contribution in [2.24, 2.45) is 0 Å². The van der Waals surface area contributed by atoms with E-state index in [1.54, 1.807) is 0 Å². The first-order valence-corrected chi connectivity index (χ1v) is 8.16. The van der Waals surface area contributed by atoms with Crippen LogP contribution in [0, 0.1) is 6.92 Å². The van der Waals surface area contributed by atoms with Gasteiger partial charge in [0.05, 0.1) is 13.2 Å². The number of aromatic nitrogens is 2. The van der Waals surface area contributed by atoms with Gasteiger partial charge in [0.25, 0.3) is 0 Å². The van der Waals surface area contributed by atoms with Gasteiger partial charge in [-0.05, 0) is 37.1 Å². The minimum Gasteiger partial charge on any atom is -0.378 e. The first-order chi connectivity index (χ1) is 11.3. The number of morpholine rings is 1. The number of nitrogens with zero attached hydrogens (tertiary/aromatic N) is 3. The Morgan fingerprint density at radius 2 is 2.09 bits per heavy atom. The van der Waals surface area contributed by atoms with Crippen molar-refractivity contribution in [3.63, 3.8) is 0 Å². The van der Waals surface area contributed by atoms with Crippen LogP contribution in [0.4, 0.5) is 5.82 Å². The zero-order chi connectivity index (χ0) is 16.1. The molecule has 1 aliphatic heterocycles. The zero-order valence-electron chi connectivity index (χ0n) is 13.8. The van der Waals surface area contributed by atoms with Crippen molar-refractivity contribution in [3.05, 3.63) is 53.5 Å². The third-order valence-electron chi connectivity index (χ3n) is 4.31. The number of ether oxygens (including phenoxy) is 1. The van der Waals surface area contributed by atoms with Crippen LogP contribution in [0.25, 0.3) is 0 Å². The van der Waals surface area contributed by atoms with E-state index in [0.29, 0.717) is 0 Å². The van der Waals surface area contributed by atoms with Crippen molar-refractivity contribution in [2.75, 3.05) is 31.2 Å². The van der Waals surface area contributed by atoms with Crippen molar-refractivity contribution in [3.8, 4) is 0 Å². The van der Waals surface area contributed by atoms with Gasteiger partial charge in [-0.15, -0.1) is 0 Å². The van der Waals surface area contributed by atoms with Crippen LogP contribution in [0.3, 0.4) is 0 Å². The molecule has 0 radical (unpaired) electrons. The molecule has 2 aromatic rings. The van der Waals surface area contributed by atoms with Crippen LogP contribution in [0.1, 0.15) is 29.7 Å². The van der Waals surface area contributed by atoms with Crippen LogP contribution in [-0.2, 0) is 11.3 Å². The number of rotatable bonds is 5. The van der Waals surface area contributed by atoms with Crippen molar-refractivity contribution < 1.29 is 4.74 Å². The fourth-order valence-corrected chi connectivity index (χ4v) is 2.97. The SMILES string of the molecule is Cc1cnccc1C(C)NCc1cccnc1N1CCOCC1. The third-order valence-corrected chi connectivity index (χ3v) is 4.31. The van der Waals surface area contributed by atoms with Gasteiger partial charge in [-0.2, -0.15) is 0 Å². The van der Waals surface area contributed by atoms with Gasteiger partial charge in [-0.25, -0.2) is 4.98 Å². The highest BCUT2D eigenvalue weighted by Gasteiger charge is 2.16. The maximum Gasteiger partial charge on any atom is 0.133 e. The van der Waals surface area contributed by atoms with Gasteiger partial charge in [0.15, 0.2) is 0 Å². The van der Waals surface area contributed by atoms with E-state index in [1.165, 1.54) is 16.7 Å². The number of hydrogen-bond donors (Lipinski definition) is 1. The fraction of sp³-hybridized carbons (Fsp3) is 0.444. The smallest absolute Gasteiger partial charge is 0.133 e. The Morgan fingerprint density at radius 3 is 2.87 bits per heavy atom. The minimum absolute atomic E-state index is 0.274. The fourth-order valence-electron chi connectivity index (χ4n) is 2.97. The van der Waals surface area contributed by atoms with Crippen LogP contribution in [0.2, 0.25) is 0 Å². The monoisotopic (exact) mass is 312 g/mol. The van der Waals surface area contributed by atoms with E-state index >= 15 is 0 Å². The molecule has 0 bridgehead atoms. The standard InChI is InChI=1S/C18H24N4O/c1-14-12-19-7-5-17(14)15(2)21-13-16-4-3-6-20-18(16)22-8-10-23-11-9-22/h3-7,12,15,21H,8-11,13H2,1-2H3. The van der Waals surface area contributed by atoms with Crippen LogP contribution in [-0.4, -0.2) is 36.3 Å². The van der Waals surface area contributed by atoms with Gasteiger partial charge >= 0.3 is 0 Å². The van der Waals surface area contributed by atoms with E-state index in [1.807, 2.05) is 24.7 Å². The molecule has 122 valence electrons. The van der Waals surface area contributed by atoms with Gasteiger partial charge < -0.3 is 15.0 Å². The molecule has 3 rings (SSSR count). The minimum atomic E-state index is 0.274. The summed E-state index contributed by atoms with van der Waals surface area (Å²) in [5, 5.41) is 3.61. The molecule has 5 nitrogen and oxygen atoms in total. The Kier molecular flexibility index (Phi) is 5.20. The maximum atomic E-state index is 5.44. The quantitative estimate of drug-likeness (QED) is 0.919. The Bertz CT molecular complexity index is 640. The van der Waals surface area contributed by atoms with Crippen molar-refractivity contribution in [1.82, 2.24) is 15.3 Å². The summed E-state index contributed by atoms with van der Waals surface area (Å²) in [5.74, 6) is 1.07. The lowest BCUT2D eigenvalue weighted by Gasteiger charge is -2.29. The summed E-state index contributed by atoms with van der Waals surface area (Å²) in [6, 6.07) is 6.51. The molecule has 5 heteroatoms. The molecular weight excluding hydrogens is 288 g/mol. The summed E-state index contributed by atoms with van der Waals surface area (Å²) in [5.41, 5.74) is 3.73. The molecule has 1 saturated heterocycles. The van der Waals surface area contributed by atoms with Gasteiger partial charge in [0.1, 0.15) is 5.82 Å². The molecule has 1 atom stereocenters. The normalized spacial score (nSPS) is 16.3. The van der Waals surface area contributed by atoms with Crippen LogP contribution >= 0.6 is 0 Å². The predicted octanol–water partition coefficient (Wildman–Crippen LogP) is 2.47. The summed E-state index contributed by atoms with van der Waals surface area (Å²) >= 11 is 0. The number of nitrogens with one attached hydrogen (secondary N) is 1. The molecule has 0 spiro atoms. The number of hydrogen-bond acceptors (Lipinski definition) is 5. The number of aryl methyl sites for hydroxylation is 1. The van der Waals surface area contributed by atoms with E-state index in [0.717, 1.165) is 38.7 Å². The lowest BCUT2D eigenvalue weighted by atomic mass is 10.0. The number of anilines is 1. The Morgan fingerprint density at radius 1 is 1.26 bits per heavy atom. The Balaban J connectivity index is 1.69. The first kappa shape index (κ1) is 15.9. The molecule has 0 amide bonds. The van der Waals surface area contributed by atoms with E-state index in [9.17, 15) is 0 Å². The van der Waals surface area contributed by atoms with Crippen LogP contribution < -0.4 is 10.2 Å². The average Bonchev–Trinajstić information content (AvgIpc) is 2.61. The molecule has 3 heterocycles. The highest BCUT2D eigenvalue weighted by atomic mass is 16.5. The third kappa shape index (κ3) is 3.86. The van der Waals surface area contributed by atoms with Gasteiger partial charge in [-0.1, -0.05) is 6.07 Å². The topological polar surface area (TPSA) is 50.3 Å². The van der Waals surface area contributed by atoms with Gasteiger partial charge in [0, 0.05) is 49.8 Å². The Labute approximate surface area is 137 Å². The van der Waals surface area contributed by atoms with Crippen molar-refractivity contribution in [1.29, 1.82) is 0 Å². The second-order valence-corrected chi connectivity index (χ2v) is 5.92. The summed E-state index contributed by atoms with van der Waals surface area (Å²) in [4.78, 5) is 11.1. The van der Waals surface area contributed by atoms with Gasteiger partial charge in [0.2, 0.25) is 0 Å². The molecular formula is C18H24N4O. The molecule has 1 fully saturated rings. The van der Waals surface area contributed by atoms with E-state index in [-0.39, 0.29) is 6.04 Å². The van der Waals surface area contributed by atoms with Gasteiger partial charge in [-0.3, -0.25) is 4.98 Å². The van der Waals surface area contributed by atoms with E-state index in [2.05, 4.69) is 46.2 Å². The summed E-state index contributed by atoms with van der Waals surface area (Å²) in [7, 11) is 0. The van der Waals surface area contributed by atoms with Crippen molar-refractivity contribution in [2.45, 2.75) is 26.4 Å². The predicted molar refractivity (Wildman–Crippen MR) is 91.5 cm³/mol. The average molecular weight is 312 g/mol. The molecule has 0 aromatic carbocycles. The Hall–Kier alpha value is -1.98. The second-order valence-electron chi connectivity index (χ2n) is 5.92. The lowest BCUT2D eigenvalue weighted by molar-refractivity contribution is 0.122. The molecule has 1 unspecified atom stereocenters. The molecule has 2 aromatic heterocycles. The van der Waals surface area contributed by atoms with Crippen molar-refractivity contribution >= 4 is 5.82 Å². The largest absolute Gasteiger partial charge is 0.378 e. The van der Waals surface area contributed by atoms with E-state index < -0.39 is 0 Å². The number of pyridine rings is 2. The first-order valence-electron chi connectivity index (χ1n) is 8.16. The highest BCUT2D eigenvalue weighted by Crippen LogP contribution is 2.21. The van der Waals surface area contributed by atoms with Crippen LogP contribution in [0.15, 0.2) is 36.8 Å². The molecule has 1 aliphatic rings. The highest BCUT2D eigenvalue weighted by molar-refractivity contribution is 5.47. The molecule has 0 saturated carbocycles. The summed E-state index contributed by atoms with van der Waals surface area (Å²) in [6.45, 7) is 8.44.